The molecule has 0 fully saturated rings. The number of hydrogen-bond donors (Lipinski definition) is 0. The van der Waals surface area contributed by atoms with Gasteiger partial charge in [0.05, 0.1) is 0 Å². The SMILES string of the molecule is Clc1ccc2c(c1)oc1cc(-c3ccc4c(c3)oc3ccccc34)ccc12. The molecule has 3 heteroatoms. The van der Waals surface area contributed by atoms with Gasteiger partial charge in [0.25, 0.3) is 0 Å². The van der Waals surface area contributed by atoms with Crippen LogP contribution in [0, 0.1) is 0 Å². The van der Waals surface area contributed by atoms with Crippen molar-refractivity contribution in [2.45, 2.75) is 0 Å². The second-order valence-corrected chi connectivity index (χ2v) is 7.20. The van der Waals surface area contributed by atoms with Crippen molar-refractivity contribution in [3.05, 3.63) is 83.9 Å². The molecule has 2 aromatic heterocycles. The zero-order valence-electron chi connectivity index (χ0n) is 14.2. The average Bonchev–Trinajstić information content (AvgIpc) is 3.24. The quantitative estimate of drug-likeness (QED) is 0.296. The predicted octanol–water partition coefficient (Wildman–Crippen LogP) is 7.81. The summed E-state index contributed by atoms with van der Waals surface area (Å²) in [6.45, 7) is 0. The van der Waals surface area contributed by atoms with Gasteiger partial charge in [-0.3, -0.25) is 0 Å². The van der Waals surface area contributed by atoms with E-state index in [1.807, 2.05) is 36.4 Å². The lowest BCUT2D eigenvalue weighted by atomic mass is 10.0. The van der Waals surface area contributed by atoms with Crippen LogP contribution in [0.1, 0.15) is 0 Å². The summed E-state index contributed by atoms with van der Waals surface area (Å²) in [6.07, 6.45) is 0. The molecule has 0 atom stereocenters. The van der Waals surface area contributed by atoms with E-state index in [1.54, 1.807) is 0 Å². The number of halogens is 1. The fraction of sp³-hybridized carbons (Fsp3) is 0. The normalized spacial score (nSPS) is 11.9. The topological polar surface area (TPSA) is 26.3 Å². The summed E-state index contributed by atoms with van der Waals surface area (Å²) < 4.78 is 12.0. The second-order valence-electron chi connectivity index (χ2n) is 6.76. The number of benzene rings is 4. The highest BCUT2D eigenvalue weighted by Gasteiger charge is 2.11. The molecule has 6 aromatic rings. The highest BCUT2D eigenvalue weighted by atomic mass is 35.5. The zero-order valence-corrected chi connectivity index (χ0v) is 15.0. The minimum atomic E-state index is 0.678. The first-order valence-corrected chi connectivity index (χ1v) is 9.17. The van der Waals surface area contributed by atoms with E-state index in [2.05, 4.69) is 42.5 Å². The minimum Gasteiger partial charge on any atom is -0.456 e. The van der Waals surface area contributed by atoms with E-state index >= 15 is 0 Å². The van der Waals surface area contributed by atoms with Crippen LogP contribution >= 0.6 is 11.6 Å². The molecule has 2 heterocycles. The van der Waals surface area contributed by atoms with Gasteiger partial charge in [-0.2, -0.15) is 0 Å². The van der Waals surface area contributed by atoms with E-state index in [9.17, 15) is 0 Å². The van der Waals surface area contributed by atoms with Gasteiger partial charge in [-0.1, -0.05) is 41.9 Å². The third-order valence-electron chi connectivity index (χ3n) is 5.15. The summed E-state index contributed by atoms with van der Waals surface area (Å²) in [7, 11) is 0. The Balaban J connectivity index is 1.55. The molecule has 0 bridgehead atoms. The molecule has 128 valence electrons. The van der Waals surface area contributed by atoms with Crippen LogP contribution in [0.25, 0.3) is 55.0 Å². The van der Waals surface area contributed by atoms with E-state index in [0.717, 1.165) is 55.0 Å². The van der Waals surface area contributed by atoms with Crippen LogP contribution in [0.2, 0.25) is 5.02 Å². The molecule has 0 saturated carbocycles. The van der Waals surface area contributed by atoms with Crippen LogP contribution < -0.4 is 0 Å². The van der Waals surface area contributed by atoms with Crippen molar-refractivity contribution in [3.8, 4) is 11.1 Å². The molecule has 27 heavy (non-hydrogen) atoms. The Bertz CT molecular complexity index is 1490. The molecule has 0 aliphatic carbocycles. The van der Waals surface area contributed by atoms with Crippen molar-refractivity contribution < 1.29 is 8.83 Å². The van der Waals surface area contributed by atoms with Gasteiger partial charge in [0, 0.05) is 32.6 Å². The monoisotopic (exact) mass is 368 g/mol. The maximum Gasteiger partial charge on any atom is 0.136 e. The van der Waals surface area contributed by atoms with Crippen LogP contribution in [0.3, 0.4) is 0 Å². The fourth-order valence-corrected chi connectivity index (χ4v) is 4.00. The highest BCUT2D eigenvalue weighted by Crippen LogP contribution is 2.35. The Morgan fingerprint density at radius 1 is 0.481 bits per heavy atom. The van der Waals surface area contributed by atoms with Crippen molar-refractivity contribution in [3.63, 3.8) is 0 Å². The summed E-state index contributed by atoms with van der Waals surface area (Å²) in [5, 5.41) is 5.12. The third-order valence-corrected chi connectivity index (χ3v) is 5.38. The molecule has 0 spiro atoms. The summed E-state index contributed by atoms with van der Waals surface area (Å²) in [4.78, 5) is 0. The third kappa shape index (κ3) is 2.20. The van der Waals surface area contributed by atoms with Gasteiger partial charge in [-0.15, -0.1) is 0 Å². The van der Waals surface area contributed by atoms with Gasteiger partial charge in [0.2, 0.25) is 0 Å². The summed E-state index contributed by atoms with van der Waals surface area (Å²) in [6, 6.07) is 26.5. The van der Waals surface area contributed by atoms with E-state index in [0.29, 0.717) is 5.02 Å². The van der Waals surface area contributed by atoms with Crippen LogP contribution in [0.15, 0.2) is 87.7 Å². The number of para-hydroxylation sites is 1. The second kappa shape index (κ2) is 5.38. The largest absolute Gasteiger partial charge is 0.456 e. The van der Waals surface area contributed by atoms with Crippen molar-refractivity contribution in [2.24, 2.45) is 0 Å². The van der Waals surface area contributed by atoms with Gasteiger partial charge in [0.15, 0.2) is 0 Å². The first-order valence-electron chi connectivity index (χ1n) is 8.80. The smallest absolute Gasteiger partial charge is 0.136 e. The van der Waals surface area contributed by atoms with E-state index in [-0.39, 0.29) is 0 Å². The van der Waals surface area contributed by atoms with E-state index in [4.69, 9.17) is 20.4 Å². The lowest BCUT2D eigenvalue weighted by molar-refractivity contribution is 0.668. The fourth-order valence-electron chi connectivity index (χ4n) is 3.84. The maximum atomic E-state index is 6.09. The molecular formula is C24H13ClO2. The lowest BCUT2D eigenvalue weighted by Crippen LogP contribution is -1.77. The Labute approximate surface area is 159 Å². The van der Waals surface area contributed by atoms with Crippen LogP contribution in [-0.4, -0.2) is 0 Å². The van der Waals surface area contributed by atoms with Gasteiger partial charge >= 0.3 is 0 Å². The molecule has 4 aromatic carbocycles. The van der Waals surface area contributed by atoms with Gasteiger partial charge in [-0.25, -0.2) is 0 Å². The van der Waals surface area contributed by atoms with Gasteiger partial charge in [-0.05, 0) is 53.6 Å². The molecule has 2 nitrogen and oxygen atoms in total. The van der Waals surface area contributed by atoms with Crippen molar-refractivity contribution >= 4 is 55.5 Å². The molecule has 0 aliphatic rings. The van der Waals surface area contributed by atoms with Crippen molar-refractivity contribution in [2.75, 3.05) is 0 Å². The Morgan fingerprint density at radius 3 is 1.70 bits per heavy atom. The maximum absolute atomic E-state index is 6.09. The molecule has 0 aliphatic heterocycles. The Hall–Kier alpha value is -3.23. The van der Waals surface area contributed by atoms with Crippen LogP contribution in [0.5, 0.6) is 0 Å². The van der Waals surface area contributed by atoms with Crippen LogP contribution in [-0.2, 0) is 0 Å². The van der Waals surface area contributed by atoms with Gasteiger partial charge in [0.1, 0.15) is 22.3 Å². The van der Waals surface area contributed by atoms with Crippen LogP contribution in [0.4, 0.5) is 0 Å². The molecule has 0 saturated heterocycles. The Morgan fingerprint density at radius 2 is 1.00 bits per heavy atom. The molecule has 6 rings (SSSR count). The zero-order chi connectivity index (χ0) is 18.0. The predicted molar refractivity (Wildman–Crippen MR) is 111 cm³/mol. The standard InChI is InChI=1S/C24H13ClO2/c25-16-7-10-20-19-9-6-15(12-23(19)27-24(20)13-16)14-5-8-18-17-3-1-2-4-21(17)26-22(18)11-14/h1-13H. The number of rotatable bonds is 1. The highest BCUT2D eigenvalue weighted by molar-refractivity contribution is 6.31. The molecular weight excluding hydrogens is 356 g/mol. The summed E-state index contributed by atoms with van der Waals surface area (Å²) in [5.74, 6) is 0. The number of furan rings is 2. The Kier molecular flexibility index (Phi) is 2.97. The van der Waals surface area contributed by atoms with Crippen molar-refractivity contribution in [1.29, 1.82) is 0 Å². The molecule has 0 amide bonds. The van der Waals surface area contributed by atoms with Gasteiger partial charge < -0.3 is 8.83 Å². The summed E-state index contributed by atoms with van der Waals surface area (Å²) in [5.41, 5.74) is 5.66. The number of hydrogen-bond acceptors (Lipinski definition) is 2. The van der Waals surface area contributed by atoms with E-state index in [1.165, 1.54) is 0 Å². The van der Waals surface area contributed by atoms with Crippen molar-refractivity contribution in [1.82, 2.24) is 0 Å². The number of fused-ring (bicyclic) bond motifs is 6. The summed E-state index contributed by atoms with van der Waals surface area (Å²) >= 11 is 6.09. The molecule has 0 N–H and O–H groups in total. The first kappa shape index (κ1) is 14.9. The molecule has 0 unspecified atom stereocenters. The van der Waals surface area contributed by atoms with E-state index < -0.39 is 0 Å². The lowest BCUT2D eigenvalue weighted by Gasteiger charge is -2.02. The minimum absolute atomic E-state index is 0.678. The first-order chi connectivity index (χ1) is 13.3. The molecule has 0 radical (unpaired) electrons. The average molecular weight is 369 g/mol.